The number of hydrogen-bond donors (Lipinski definition) is 2. The van der Waals surface area contributed by atoms with Crippen LogP contribution in [0.3, 0.4) is 0 Å². The van der Waals surface area contributed by atoms with Crippen LogP contribution in [0.1, 0.15) is 48.1 Å². The van der Waals surface area contributed by atoms with Crippen molar-refractivity contribution in [2.75, 3.05) is 19.8 Å². The molecule has 0 aliphatic heterocycles. The van der Waals surface area contributed by atoms with Crippen molar-refractivity contribution in [2.24, 2.45) is 0 Å². The van der Waals surface area contributed by atoms with E-state index in [0.717, 1.165) is 3.97 Å². The summed E-state index contributed by atoms with van der Waals surface area (Å²) in [6.45, 7) is 3.08. The molecule has 0 spiro atoms. The van der Waals surface area contributed by atoms with E-state index < -0.39 is 45.9 Å². The molecule has 0 aliphatic rings. The van der Waals surface area contributed by atoms with Gasteiger partial charge in [0.1, 0.15) is 11.5 Å². The molecule has 0 saturated heterocycles. The van der Waals surface area contributed by atoms with E-state index in [-0.39, 0.29) is 103 Å². The van der Waals surface area contributed by atoms with E-state index in [0.29, 0.717) is 25.8 Å². The number of aliphatic carboxylic acids is 1. The maximum absolute atomic E-state index is 14.3. The summed E-state index contributed by atoms with van der Waals surface area (Å²) in [5, 5.41) is 11.1. The Labute approximate surface area is 312 Å². The number of carbonyl (C=O) groups is 2. The number of fused-ring (bicyclic) bond motifs is 1. The standard InChI is InChI=1S/C32H35F3N4O8S2.Na.H/c1-20-15-23(46-17-28(40)37-13-8-4-5-11-29(41)42)16-21(2)30(20)49(44,45)39-26-10-7-6-9-24(26)38-31(39)48(43)18-25-22(3)27(12-14-36-25)47-19-32(33,34)35;;/h6-7,9-10,12,14-16H,4-5,8,11,13,17-19H2,1-3H3,(H,37,40)(H,41,42);;. The van der Waals surface area contributed by atoms with Gasteiger partial charge in [0.05, 0.1) is 21.6 Å². The molecular formula is C32H36F3N4NaO8S2. The van der Waals surface area contributed by atoms with Gasteiger partial charge in [0, 0.05) is 35.9 Å². The Kier molecular flexibility index (Phi) is 14.6. The number of benzene rings is 2. The van der Waals surface area contributed by atoms with Crippen LogP contribution in [0.2, 0.25) is 0 Å². The minimum absolute atomic E-state index is 0. The number of halogens is 3. The zero-order chi connectivity index (χ0) is 35.9. The molecule has 0 aliphatic carbocycles. The van der Waals surface area contributed by atoms with E-state index in [1.54, 1.807) is 32.0 Å². The van der Waals surface area contributed by atoms with E-state index in [2.05, 4.69) is 15.3 Å². The van der Waals surface area contributed by atoms with Crippen molar-refractivity contribution in [3.8, 4) is 11.5 Å². The number of amides is 1. The minimum atomic E-state index is -4.57. The molecule has 50 heavy (non-hydrogen) atoms. The summed E-state index contributed by atoms with van der Waals surface area (Å²) in [7, 11) is -4.45. The first-order chi connectivity index (χ1) is 23.1. The molecule has 4 aromatic rings. The molecule has 1 amide bonds. The summed E-state index contributed by atoms with van der Waals surface area (Å²) in [5.74, 6) is -1.48. The molecule has 2 heterocycles. The Morgan fingerprint density at radius 1 is 1.04 bits per heavy atom. The summed E-state index contributed by atoms with van der Waals surface area (Å²) in [6, 6.07) is 10.5. The van der Waals surface area contributed by atoms with Crippen molar-refractivity contribution in [1.29, 1.82) is 0 Å². The number of carboxylic acid groups (broad SMARTS) is 1. The van der Waals surface area contributed by atoms with Gasteiger partial charge in [0.2, 0.25) is 0 Å². The van der Waals surface area contributed by atoms with E-state index in [4.69, 9.17) is 14.6 Å². The molecule has 2 aromatic carbocycles. The topological polar surface area (TPSA) is 173 Å². The van der Waals surface area contributed by atoms with Gasteiger partial charge in [-0.2, -0.15) is 22.1 Å². The van der Waals surface area contributed by atoms with Crippen LogP contribution < -0.4 is 14.8 Å². The number of rotatable bonds is 16. The molecule has 2 aromatic heterocycles. The van der Waals surface area contributed by atoms with Crippen LogP contribution in [0.5, 0.6) is 11.5 Å². The number of para-hydroxylation sites is 2. The molecule has 0 fully saturated rings. The van der Waals surface area contributed by atoms with Crippen molar-refractivity contribution in [3.05, 3.63) is 71.0 Å². The van der Waals surface area contributed by atoms with Gasteiger partial charge in [0.25, 0.3) is 15.9 Å². The molecule has 0 saturated carbocycles. The number of nitrogens with zero attached hydrogens (tertiary/aromatic N) is 3. The number of alkyl halides is 3. The Balaban J connectivity index is 0.00000676. The SMILES string of the molecule is Cc1cc(OCC(=O)NCCCCCC(=O)O)cc(C)c1S(=O)(=O)n1c([S+]([O-])Cc2nccc(OCC(F)(F)F)c2C)nc2ccccc21.[NaH]. The molecule has 0 bridgehead atoms. The van der Waals surface area contributed by atoms with Crippen molar-refractivity contribution in [3.63, 3.8) is 0 Å². The monoisotopic (exact) mass is 748 g/mol. The van der Waals surface area contributed by atoms with E-state index >= 15 is 0 Å². The zero-order valence-corrected chi connectivity index (χ0v) is 28.5. The summed E-state index contributed by atoms with van der Waals surface area (Å²) in [4.78, 5) is 31.3. The predicted octanol–water partition coefficient (Wildman–Crippen LogP) is 4.33. The second kappa shape index (κ2) is 17.7. The number of carboxylic acids is 1. The van der Waals surface area contributed by atoms with E-state index in [1.165, 1.54) is 37.4 Å². The van der Waals surface area contributed by atoms with Crippen LogP contribution >= 0.6 is 0 Å². The van der Waals surface area contributed by atoms with Gasteiger partial charge in [-0.3, -0.25) is 14.6 Å². The predicted molar refractivity (Wildman–Crippen MR) is 181 cm³/mol. The van der Waals surface area contributed by atoms with Gasteiger partial charge < -0.3 is 24.4 Å². The number of ether oxygens (including phenoxy) is 2. The van der Waals surface area contributed by atoms with Gasteiger partial charge >= 0.3 is 46.9 Å². The summed E-state index contributed by atoms with van der Waals surface area (Å²) >= 11 is -2.13. The number of aromatic nitrogens is 3. The third-order valence-electron chi connectivity index (χ3n) is 7.30. The fraction of sp³-hybridized carbons (Fsp3) is 0.375. The molecule has 18 heteroatoms. The summed E-state index contributed by atoms with van der Waals surface area (Å²) < 4.78 is 92.2. The fourth-order valence-corrected chi connectivity index (χ4v) is 8.53. The van der Waals surface area contributed by atoms with Gasteiger partial charge in [-0.15, -0.1) is 0 Å². The van der Waals surface area contributed by atoms with Crippen LogP contribution in [0.25, 0.3) is 11.0 Å². The molecule has 4 rings (SSSR count). The van der Waals surface area contributed by atoms with Crippen molar-refractivity contribution < 1.29 is 50.3 Å². The normalized spacial score (nSPS) is 12.3. The van der Waals surface area contributed by atoms with E-state index in [9.17, 15) is 35.7 Å². The molecule has 1 atom stereocenters. The van der Waals surface area contributed by atoms with Crippen LogP contribution in [0.4, 0.5) is 13.2 Å². The Hall–Kier alpha value is -3.35. The van der Waals surface area contributed by atoms with Gasteiger partial charge in [-0.25, -0.2) is 8.42 Å². The number of aryl methyl sites for hydroxylation is 2. The number of imidazole rings is 1. The second-order valence-electron chi connectivity index (χ2n) is 11.2. The van der Waals surface area contributed by atoms with Crippen molar-refractivity contribution >= 4 is 73.7 Å². The van der Waals surface area contributed by atoms with Crippen LogP contribution in [0.15, 0.2) is 58.7 Å². The number of carbonyl (C=O) groups excluding carboxylic acids is 1. The number of nitrogens with one attached hydrogen (secondary N) is 1. The maximum atomic E-state index is 14.3. The molecule has 0 radical (unpaired) electrons. The van der Waals surface area contributed by atoms with Crippen LogP contribution in [0, 0.1) is 20.8 Å². The average Bonchev–Trinajstić information content (AvgIpc) is 3.42. The number of unbranched alkanes of at least 4 members (excludes halogenated alkanes) is 2. The molecule has 2 N–H and O–H groups in total. The zero-order valence-electron chi connectivity index (χ0n) is 26.9. The Morgan fingerprint density at radius 3 is 2.38 bits per heavy atom. The molecular weight excluding hydrogens is 712 g/mol. The van der Waals surface area contributed by atoms with Crippen molar-refractivity contribution in [1.82, 2.24) is 19.3 Å². The van der Waals surface area contributed by atoms with Gasteiger partial charge in [0.15, 0.2) is 19.0 Å². The average molecular weight is 749 g/mol. The first-order valence-electron chi connectivity index (χ1n) is 15.1. The first-order valence-corrected chi connectivity index (χ1v) is 17.8. The Bertz CT molecular complexity index is 1920. The quantitative estimate of drug-likeness (QED) is 0.0955. The third-order valence-corrected chi connectivity index (χ3v) is 10.6. The fourth-order valence-electron chi connectivity index (χ4n) is 5.06. The number of pyridine rings is 1. The number of hydrogen-bond acceptors (Lipinski definition) is 9. The van der Waals surface area contributed by atoms with Crippen LogP contribution in [-0.2, 0) is 36.5 Å². The molecule has 266 valence electrons. The van der Waals surface area contributed by atoms with Crippen LogP contribution in [-0.4, -0.2) is 99.4 Å². The van der Waals surface area contributed by atoms with Crippen molar-refractivity contribution in [2.45, 2.75) is 68.4 Å². The molecule has 1 unspecified atom stereocenters. The Morgan fingerprint density at radius 2 is 1.72 bits per heavy atom. The summed E-state index contributed by atoms with van der Waals surface area (Å²) in [5.41, 5.74) is 1.36. The summed E-state index contributed by atoms with van der Waals surface area (Å²) in [6.07, 6.45) is -1.52. The van der Waals surface area contributed by atoms with Gasteiger partial charge in [-0.05, 0) is 75.1 Å². The van der Waals surface area contributed by atoms with Gasteiger partial charge in [-0.1, -0.05) is 18.6 Å². The first kappa shape index (κ1) is 41.1. The van der Waals surface area contributed by atoms with E-state index in [1.807, 2.05) is 0 Å². The molecule has 12 nitrogen and oxygen atoms in total. The third kappa shape index (κ3) is 10.6. The second-order valence-corrected chi connectivity index (χ2v) is 14.2.